The molecule has 1 rings (SSSR count). The summed E-state index contributed by atoms with van der Waals surface area (Å²) < 4.78 is 0. The molecule has 16 heavy (non-hydrogen) atoms. The number of hydrogen-bond acceptors (Lipinski definition) is 1. The molecule has 3 heteroatoms. The molecule has 0 saturated heterocycles. The van der Waals surface area contributed by atoms with Crippen LogP contribution in [0.5, 0.6) is 0 Å². The van der Waals surface area contributed by atoms with Gasteiger partial charge >= 0.3 is 0 Å². The van der Waals surface area contributed by atoms with Gasteiger partial charge in [-0.3, -0.25) is 4.79 Å². The molecular weight excluding hydrogens is 222 g/mol. The zero-order valence-electron chi connectivity index (χ0n) is 9.74. The molecule has 1 N–H and O–H groups in total. The number of halogens is 1. The van der Waals surface area contributed by atoms with Crippen molar-refractivity contribution in [2.75, 3.05) is 5.88 Å². The van der Waals surface area contributed by atoms with Crippen molar-refractivity contribution in [2.45, 2.75) is 26.3 Å². The van der Waals surface area contributed by atoms with Crippen LogP contribution in [0.4, 0.5) is 0 Å². The third kappa shape index (κ3) is 4.23. The molecule has 1 unspecified atom stereocenters. The Morgan fingerprint density at radius 3 is 2.44 bits per heavy atom. The van der Waals surface area contributed by atoms with E-state index in [-0.39, 0.29) is 11.9 Å². The van der Waals surface area contributed by atoms with E-state index in [0.29, 0.717) is 17.4 Å². The highest BCUT2D eigenvalue weighted by Crippen LogP contribution is 2.07. The second-order valence-electron chi connectivity index (χ2n) is 4.32. The molecular formula is C13H18ClNO. The summed E-state index contributed by atoms with van der Waals surface area (Å²) in [4.78, 5) is 11.8. The van der Waals surface area contributed by atoms with Crippen molar-refractivity contribution < 1.29 is 4.79 Å². The number of nitrogens with one attached hydrogen (secondary N) is 1. The Bertz CT molecular complexity index is 324. The highest BCUT2D eigenvalue weighted by Gasteiger charge is 2.13. The highest BCUT2D eigenvalue weighted by atomic mass is 35.5. The van der Waals surface area contributed by atoms with E-state index in [1.54, 1.807) is 12.1 Å². The standard InChI is InChI=1S/C13H18ClNO/c1-10(2)8-12(9-14)15-13(16)11-6-4-3-5-7-11/h3-7,10,12H,8-9H2,1-2H3,(H,15,16). The van der Waals surface area contributed by atoms with Gasteiger partial charge in [0, 0.05) is 17.5 Å². The quantitative estimate of drug-likeness (QED) is 0.787. The summed E-state index contributed by atoms with van der Waals surface area (Å²) in [5.41, 5.74) is 0.682. The molecule has 1 aromatic carbocycles. The average Bonchev–Trinajstić information content (AvgIpc) is 2.28. The van der Waals surface area contributed by atoms with E-state index in [1.165, 1.54) is 0 Å². The van der Waals surface area contributed by atoms with Gasteiger partial charge < -0.3 is 5.32 Å². The maximum absolute atomic E-state index is 11.8. The van der Waals surface area contributed by atoms with Crippen LogP contribution in [0.15, 0.2) is 30.3 Å². The van der Waals surface area contributed by atoms with Crippen LogP contribution in [0.3, 0.4) is 0 Å². The lowest BCUT2D eigenvalue weighted by Crippen LogP contribution is -2.37. The molecule has 1 aromatic rings. The zero-order valence-corrected chi connectivity index (χ0v) is 10.5. The molecule has 0 bridgehead atoms. The predicted octanol–water partition coefficient (Wildman–Crippen LogP) is 3.07. The minimum absolute atomic E-state index is 0.0492. The number of carbonyl (C=O) groups excluding carboxylic acids is 1. The molecule has 0 aliphatic carbocycles. The minimum Gasteiger partial charge on any atom is -0.348 e. The number of amides is 1. The summed E-state index contributed by atoms with van der Waals surface area (Å²) in [6, 6.07) is 9.25. The lowest BCUT2D eigenvalue weighted by molar-refractivity contribution is 0.0936. The Balaban J connectivity index is 2.56. The largest absolute Gasteiger partial charge is 0.348 e. The second-order valence-corrected chi connectivity index (χ2v) is 4.63. The smallest absolute Gasteiger partial charge is 0.251 e. The van der Waals surface area contributed by atoms with Crippen molar-refractivity contribution in [3.05, 3.63) is 35.9 Å². The summed E-state index contributed by atoms with van der Waals surface area (Å²) in [6.07, 6.45) is 0.905. The normalized spacial score (nSPS) is 12.5. The number of carbonyl (C=O) groups is 1. The molecule has 1 atom stereocenters. The molecule has 0 aromatic heterocycles. The van der Waals surface area contributed by atoms with Gasteiger partial charge in [-0.05, 0) is 24.5 Å². The van der Waals surface area contributed by atoms with Crippen LogP contribution in [0.2, 0.25) is 0 Å². The van der Waals surface area contributed by atoms with Crippen molar-refractivity contribution in [1.82, 2.24) is 5.32 Å². The highest BCUT2D eigenvalue weighted by molar-refractivity contribution is 6.18. The fourth-order valence-electron chi connectivity index (χ4n) is 1.59. The predicted molar refractivity (Wildman–Crippen MR) is 67.9 cm³/mol. The van der Waals surface area contributed by atoms with Crippen molar-refractivity contribution in [3.8, 4) is 0 Å². The average molecular weight is 240 g/mol. The third-order valence-corrected chi connectivity index (χ3v) is 2.69. The summed E-state index contributed by atoms with van der Waals surface area (Å²) in [7, 11) is 0. The first-order valence-corrected chi connectivity index (χ1v) is 6.08. The first-order valence-electron chi connectivity index (χ1n) is 5.55. The molecule has 0 saturated carbocycles. The monoisotopic (exact) mass is 239 g/mol. The third-order valence-electron chi connectivity index (χ3n) is 2.31. The van der Waals surface area contributed by atoms with Crippen LogP contribution in [0, 0.1) is 5.92 Å². The van der Waals surface area contributed by atoms with Crippen LogP contribution < -0.4 is 5.32 Å². The Hall–Kier alpha value is -1.02. The zero-order chi connectivity index (χ0) is 12.0. The topological polar surface area (TPSA) is 29.1 Å². The molecule has 1 amide bonds. The Morgan fingerprint density at radius 2 is 1.94 bits per heavy atom. The van der Waals surface area contributed by atoms with E-state index >= 15 is 0 Å². The number of rotatable bonds is 5. The van der Waals surface area contributed by atoms with E-state index in [9.17, 15) is 4.79 Å². The van der Waals surface area contributed by atoms with E-state index in [1.807, 2.05) is 18.2 Å². The van der Waals surface area contributed by atoms with Gasteiger partial charge in [0.15, 0.2) is 0 Å². The fourth-order valence-corrected chi connectivity index (χ4v) is 1.79. The van der Waals surface area contributed by atoms with E-state index in [4.69, 9.17) is 11.6 Å². The van der Waals surface area contributed by atoms with Gasteiger partial charge in [0.05, 0.1) is 0 Å². The number of alkyl halides is 1. The first kappa shape index (κ1) is 13.0. The van der Waals surface area contributed by atoms with Gasteiger partial charge in [0.25, 0.3) is 5.91 Å². The summed E-state index contributed by atoms with van der Waals surface area (Å²) in [5, 5.41) is 2.94. The van der Waals surface area contributed by atoms with Crippen LogP contribution >= 0.6 is 11.6 Å². The molecule has 0 aliphatic rings. The van der Waals surface area contributed by atoms with Gasteiger partial charge in [-0.15, -0.1) is 11.6 Å². The van der Waals surface area contributed by atoms with Gasteiger partial charge in [-0.25, -0.2) is 0 Å². The lowest BCUT2D eigenvalue weighted by Gasteiger charge is -2.18. The molecule has 0 radical (unpaired) electrons. The van der Waals surface area contributed by atoms with E-state index in [2.05, 4.69) is 19.2 Å². The number of benzene rings is 1. The minimum atomic E-state index is -0.0492. The van der Waals surface area contributed by atoms with Crippen LogP contribution in [-0.4, -0.2) is 17.8 Å². The SMILES string of the molecule is CC(C)CC(CCl)NC(=O)c1ccccc1. The summed E-state index contributed by atoms with van der Waals surface area (Å²) >= 11 is 5.83. The molecule has 0 heterocycles. The fraction of sp³-hybridized carbons (Fsp3) is 0.462. The lowest BCUT2D eigenvalue weighted by atomic mass is 10.0. The van der Waals surface area contributed by atoms with Crippen LogP contribution in [-0.2, 0) is 0 Å². The van der Waals surface area contributed by atoms with E-state index in [0.717, 1.165) is 6.42 Å². The van der Waals surface area contributed by atoms with Gasteiger partial charge in [0.2, 0.25) is 0 Å². The van der Waals surface area contributed by atoms with Gasteiger partial charge in [-0.2, -0.15) is 0 Å². The molecule has 88 valence electrons. The molecule has 0 aliphatic heterocycles. The molecule has 0 spiro atoms. The second kappa shape index (κ2) is 6.54. The Kier molecular flexibility index (Phi) is 5.33. The molecule has 2 nitrogen and oxygen atoms in total. The maximum atomic E-state index is 11.8. The van der Waals surface area contributed by atoms with Gasteiger partial charge in [-0.1, -0.05) is 32.0 Å². The summed E-state index contributed by atoms with van der Waals surface area (Å²) in [6.45, 7) is 4.24. The van der Waals surface area contributed by atoms with Crippen molar-refractivity contribution >= 4 is 17.5 Å². The summed E-state index contributed by atoms with van der Waals surface area (Å²) in [5.74, 6) is 0.934. The van der Waals surface area contributed by atoms with E-state index < -0.39 is 0 Å². The van der Waals surface area contributed by atoms with Crippen molar-refractivity contribution in [2.24, 2.45) is 5.92 Å². The van der Waals surface area contributed by atoms with Crippen molar-refractivity contribution in [1.29, 1.82) is 0 Å². The maximum Gasteiger partial charge on any atom is 0.251 e. The first-order chi connectivity index (χ1) is 7.63. The Labute approximate surface area is 102 Å². The Morgan fingerprint density at radius 1 is 1.31 bits per heavy atom. The number of hydrogen-bond donors (Lipinski definition) is 1. The van der Waals surface area contributed by atoms with Crippen LogP contribution in [0.25, 0.3) is 0 Å². The van der Waals surface area contributed by atoms with Crippen molar-refractivity contribution in [3.63, 3.8) is 0 Å². The van der Waals surface area contributed by atoms with Crippen LogP contribution in [0.1, 0.15) is 30.6 Å². The van der Waals surface area contributed by atoms with Gasteiger partial charge in [0.1, 0.15) is 0 Å². The molecule has 0 fully saturated rings.